The lowest BCUT2D eigenvalue weighted by atomic mass is 9.94. The van der Waals surface area contributed by atoms with Gasteiger partial charge in [0.25, 0.3) is 8.32 Å². The number of amides is 3. The number of aliphatic hydroxyl groups is 1. The number of rotatable bonds is 20. The largest absolute Gasteiger partial charge is 0.543 e. The zero-order chi connectivity index (χ0) is 59.3. The van der Waals surface area contributed by atoms with Gasteiger partial charge in [0.2, 0.25) is 11.8 Å². The third-order valence-electron chi connectivity index (χ3n) is 17.9. The second kappa shape index (κ2) is 23.7. The van der Waals surface area contributed by atoms with Crippen molar-refractivity contribution in [1.29, 1.82) is 0 Å². The van der Waals surface area contributed by atoms with Crippen molar-refractivity contribution in [1.82, 2.24) is 39.2 Å². The number of anilines is 1. The molecule has 2 N–H and O–H groups in total. The van der Waals surface area contributed by atoms with Gasteiger partial charge in [0.1, 0.15) is 53.6 Å². The second-order valence-electron chi connectivity index (χ2n) is 24.3. The molecule has 4 fully saturated rings. The lowest BCUT2D eigenvalue weighted by molar-refractivity contribution is -0.135. The van der Waals surface area contributed by atoms with E-state index in [9.17, 15) is 24.3 Å². The first-order valence-corrected chi connectivity index (χ1v) is 31.5. The lowest BCUT2D eigenvalue weighted by Crippen LogP contribution is -2.50. The van der Waals surface area contributed by atoms with Gasteiger partial charge in [0.05, 0.1) is 40.8 Å². The Labute approximate surface area is 483 Å². The predicted octanol–water partition coefficient (Wildman–Crippen LogP) is 9.72. The van der Waals surface area contributed by atoms with Crippen LogP contribution in [-0.4, -0.2) is 142 Å². The average Bonchev–Trinajstić information content (AvgIpc) is 4.26. The number of aryl methyl sites for hydroxylation is 2. The van der Waals surface area contributed by atoms with Crippen LogP contribution < -0.4 is 29.8 Å². The number of fused-ring (bicyclic) bond motifs is 4. The third kappa shape index (κ3) is 11.4. The molecule has 4 atom stereocenters. The molecule has 10 rings (SSSR count). The average molecular weight is 1160 g/mol. The van der Waals surface area contributed by atoms with Gasteiger partial charge in [-0.05, 0) is 115 Å². The summed E-state index contributed by atoms with van der Waals surface area (Å²) in [4.78, 5) is 71.2. The Balaban J connectivity index is 0.828. The number of hydrogen-bond acceptors (Lipinski definition) is 15. The van der Waals surface area contributed by atoms with E-state index in [1.54, 1.807) is 51.5 Å². The number of imidazole rings is 1. The molecule has 1 unspecified atom stereocenters. The highest BCUT2D eigenvalue weighted by atomic mass is 28.4. The molecule has 3 aromatic carbocycles. The van der Waals surface area contributed by atoms with Crippen molar-refractivity contribution in [2.24, 2.45) is 7.05 Å². The third-order valence-corrected chi connectivity index (χ3v) is 23.9. The SMILES string of the molecule is CCc1c(F)ccc2cc(O[Si](C(C)C)(C(C)C)C(C)C)cc(-c3ncc4c(N5CCC[C@@](C)(O)C5)nc(OC[C@@]56CCCN5[C@@H](OC(=O)N(C)CCOCCOc5ccc7c(c5)n(C)c(=O)n7C5CCC(=O)NC5=O)CC6)nc4c3F)c12. The number of piperidine rings is 2. The Morgan fingerprint density at radius 1 is 0.904 bits per heavy atom. The van der Waals surface area contributed by atoms with Crippen molar-refractivity contribution in [3.63, 3.8) is 0 Å². The number of nitrogens with zero attached hydrogens (tertiary/aromatic N) is 8. The zero-order valence-corrected chi connectivity index (χ0v) is 50.5. The highest BCUT2D eigenvalue weighted by Crippen LogP contribution is 2.47. The van der Waals surface area contributed by atoms with Gasteiger partial charge in [-0.25, -0.2) is 18.4 Å². The van der Waals surface area contributed by atoms with Crippen LogP contribution in [0.3, 0.4) is 0 Å². The molecule has 0 spiro atoms. The molecular weight excluding hydrogens is 1080 g/mol. The Hall–Kier alpha value is -6.75. The van der Waals surface area contributed by atoms with Crippen molar-refractivity contribution >= 4 is 64.8 Å². The van der Waals surface area contributed by atoms with Gasteiger partial charge in [0, 0.05) is 70.9 Å². The van der Waals surface area contributed by atoms with E-state index in [0.29, 0.717) is 101 Å². The number of pyridine rings is 1. The van der Waals surface area contributed by atoms with E-state index in [-0.39, 0.29) is 97.8 Å². The summed E-state index contributed by atoms with van der Waals surface area (Å²) < 4.78 is 68.4. The van der Waals surface area contributed by atoms with Gasteiger partial charge in [-0.1, -0.05) is 54.5 Å². The minimum atomic E-state index is -2.50. The summed E-state index contributed by atoms with van der Waals surface area (Å²) in [7, 11) is 0.771. The van der Waals surface area contributed by atoms with E-state index in [0.717, 1.165) is 12.8 Å². The summed E-state index contributed by atoms with van der Waals surface area (Å²) in [5, 5.41) is 15.2. The van der Waals surface area contributed by atoms with Crippen LogP contribution in [0.15, 0.2) is 53.5 Å². The lowest BCUT2D eigenvalue weighted by Gasteiger charge is -2.42. The molecule has 0 bridgehead atoms. The van der Waals surface area contributed by atoms with Gasteiger partial charge in [-0.3, -0.25) is 33.9 Å². The highest BCUT2D eigenvalue weighted by molar-refractivity contribution is 6.78. The van der Waals surface area contributed by atoms with E-state index in [1.165, 1.54) is 20.1 Å². The van der Waals surface area contributed by atoms with Crippen LogP contribution >= 0.6 is 0 Å². The number of carbonyl (C=O) groups is 3. The fourth-order valence-electron chi connectivity index (χ4n) is 13.8. The number of hydrogen-bond donors (Lipinski definition) is 2. The first-order chi connectivity index (χ1) is 39.6. The van der Waals surface area contributed by atoms with Crippen LogP contribution in [0.5, 0.6) is 17.5 Å². The van der Waals surface area contributed by atoms with Crippen LogP contribution in [-0.2, 0) is 32.5 Å². The maximum atomic E-state index is 18.0. The number of halogens is 2. The van der Waals surface area contributed by atoms with Crippen LogP contribution in [0, 0.1) is 11.6 Å². The number of benzene rings is 3. The Morgan fingerprint density at radius 2 is 1.66 bits per heavy atom. The topological polar surface area (TPSA) is 205 Å². The van der Waals surface area contributed by atoms with E-state index < -0.39 is 55.4 Å². The molecule has 4 saturated heterocycles. The smallest absolute Gasteiger partial charge is 0.411 e. The van der Waals surface area contributed by atoms with Gasteiger partial charge in [-0.15, -0.1) is 0 Å². The van der Waals surface area contributed by atoms with Crippen molar-refractivity contribution in [2.75, 3.05) is 64.6 Å². The van der Waals surface area contributed by atoms with Gasteiger partial charge in [-0.2, -0.15) is 9.97 Å². The van der Waals surface area contributed by atoms with E-state index in [1.807, 2.05) is 24.0 Å². The number of ether oxygens (including phenoxy) is 4. The number of likely N-dealkylation sites (N-methyl/N-ethyl adjacent to an activating group) is 1. The molecule has 446 valence electrons. The zero-order valence-electron chi connectivity index (χ0n) is 49.5. The quantitative estimate of drug-likeness (QED) is 0.0415. The molecule has 4 aliphatic heterocycles. The monoisotopic (exact) mass is 1160 g/mol. The molecule has 4 aliphatic rings. The summed E-state index contributed by atoms with van der Waals surface area (Å²) in [5.74, 6) is -0.490. The summed E-state index contributed by atoms with van der Waals surface area (Å²) in [6.07, 6.45) is 5.42. The summed E-state index contributed by atoms with van der Waals surface area (Å²) in [6, 6.07) is 11.3. The highest BCUT2D eigenvalue weighted by Gasteiger charge is 2.52. The number of aromatic nitrogens is 5. The van der Waals surface area contributed by atoms with E-state index in [4.69, 9.17) is 38.3 Å². The van der Waals surface area contributed by atoms with Gasteiger partial charge < -0.3 is 38.3 Å². The molecule has 6 aromatic rings. The van der Waals surface area contributed by atoms with E-state index >= 15 is 8.78 Å². The molecule has 3 aromatic heterocycles. The fourth-order valence-corrected chi connectivity index (χ4v) is 19.0. The second-order valence-corrected chi connectivity index (χ2v) is 29.7. The molecule has 22 heteroatoms. The Kier molecular flexibility index (Phi) is 17.0. The van der Waals surface area contributed by atoms with Crippen molar-refractivity contribution in [2.45, 2.75) is 153 Å². The van der Waals surface area contributed by atoms with Gasteiger partial charge >= 0.3 is 17.8 Å². The predicted molar refractivity (Wildman–Crippen MR) is 315 cm³/mol. The Bertz CT molecular complexity index is 3500. The van der Waals surface area contributed by atoms with Crippen LogP contribution in [0.4, 0.5) is 19.4 Å². The fraction of sp³-hybridized carbons (Fsp3) is 0.557. The molecule has 0 aliphatic carbocycles. The van der Waals surface area contributed by atoms with E-state index in [2.05, 4.69) is 51.8 Å². The van der Waals surface area contributed by atoms with Crippen molar-refractivity contribution in [3.8, 4) is 28.8 Å². The number of imide groups is 1. The first-order valence-electron chi connectivity index (χ1n) is 29.4. The summed E-state index contributed by atoms with van der Waals surface area (Å²) in [5.41, 5.74) is 0.821. The number of nitrogens with one attached hydrogen (secondary N) is 1. The maximum absolute atomic E-state index is 18.0. The van der Waals surface area contributed by atoms with Crippen molar-refractivity contribution in [3.05, 3.63) is 76.3 Å². The normalized spacial score (nSPS) is 21.5. The first kappa shape index (κ1) is 59.4. The summed E-state index contributed by atoms with van der Waals surface area (Å²) >= 11 is 0. The number of β-amino-alcohol motifs (C(OH)–C–C–N with tert-alkyl or cyclic N) is 1. The molecule has 19 nitrogen and oxygen atoms in total. The molecule has 3 amide bonds. The van der Waals surface area contributed by atoms with Crippen LogP contribution in [0.2, 0.25) is 16.6 Å². The van der Waals surface area contributed by atoms with Crippen molar-refractivity contribution < 1.29 is 51.6 Å². The molecule has 0 radical (unpaired) electrons. The minimum absolute atomic E-state index is 0.00426. The molecular formula is C61H79F2N9O10Si. The van der Waals surface area contributed by atoms with Crippen LogP contribution in [0.1, 0.15) is 118 Å². The Morgan fingerprint density at radius 3 is 2.39 bits per heavy atom. The summed E-state index contributed by atoms with van der Waals surface area (Å²) in [6.45, 7) is 19.4. The van der Waals surface area contributed by atoms with Crippen LogP contribution in [0.25, 0.3) is 44.0 Å². The minimum Gasteiger partial charge on any atom is -0.543 e. The standard InChI is InChI=1S/C61H79F2N9O10Si/c1-11-42-45(62)16-14-39-30-41(82-83(36(2)3,37(4)5)38(6)7)31-43(51(39)42)53-52(63)54-44(33-64-53)55(70-24-12-21-60(8,77)34-70)67-57(66-54)80-35-61-22-13-25-71(61)50(20-23-61)81-59(76)68(9)26-27-78-28-29-79-40-15-17-46-48(32-40)69(10)58(75)72(46)47-18-19-49(73)65-56(47)74/h14-17,30-33,36-38,47,50,77H,11-13,18-29,34-35H2,1-10H3,(H,65,73,74)/t47?,50-,60+,61-/m0/s1. The molecule has 0 saturated carbocycles. The van der Waals surface area contributed by atoms with Gasteiger partial charge in [0.15, 0.2) is 12.0 Å². The number of carbonyl (C=O) groups excluding carboxylic acids is 3. The molecule has 83 heavy (non-hydrogen) atoms. The maximum Gasteiger partial charge on any atom is 0.411 e. The molecule has 7 heterocycles.